The third-order valence-corrected chi connectivity index (χ3v) is 17.6. The van der Waals surface area contributed by atoms with E-state index in [1.807, 2.05) is 33.3 Å². The van der Waals surface area contributed by atoms with E-state index < -0.39 is 20.0 Å². The van der Waals surface area contributed by atoms with E-state index in [2.05, 4.69) is 86.8 Å². The summed E-state index contributed by atoms with van der Waals surface area (Å²) in [7, 11) is 1.19. The van der Waals surface area contributed by atoms with E-state index in [4.69, 9.17) is 13.8 Å². The zero-order valence-electron chi connectivity index (χ0n) is 58.2. The minimum atomic E-state index is -4.71. The largest absolute Gasteiger partial charge is 0.756 e. The maximum atomic E-state index is 13.6. The zero-order valence-corrected chi connectivity index (χ0v) is 59.1. The molecule has 0 spiro atoms. The molecule has 508 valence electrons. The van der Waals surface area contributed by atoms with Crippen molar-refractivity contribution in [2.75, 3.05) is 40.9 Å². The number of hydrogen-bond acceptors (Lipinski definition) is 7. The number of unbranched alkanes of at least 4 members (excludes halogenated alkanes) is 42. The first-order valence-corrected chi connectivity index (χ1v) is 38.7. The number of ether oxygens (including phenoxy) is 1. The first-order chi connectivity index (χ1) is 42.4. The Kier molecular flexibility index (Phi) is 64.4. The number of carbonyl (C=O) groups is 2. The standard InChI is InChI=1S/C77H143N2O7P/c1-7-10-13-16-19-22-25-28-30-32-34-36-38-39-41-43-45-47-49-52-55-58-61-64-67-70-77(81)86-75(68-65-62-59-56-53-50-27-24-21-18-15-12-9-3)74(73-85-87(82,83)84-72-71-79(4,5)6)78-76(80)69-66-63-60-57-54-51-48-46-44-42-40-37-35-33-31-29-26-23-20-17-14-11-8-2/h19-20,22-23,28-31,34,36,65,68,74-75H,7-18,21,24-27,32-33,35,37-64,66-67,69-73H2,1-6H3,(H-,78,80,82,83)/b22-19-,23-20-,30-28-,31-29-,36-34-,68-65+. The van der Waals surface area contributed by atoms with Gasteiger partial charge in [0, 0.05) is 12.8 Å². The number of nitrogens with zero attached hydrogens (tertiary/aromatic N) is 1. The molecule has 9 nitrogen and oxygen atoms in total. The Morgan fingerprint density at radius 2 is 0.701 bits per heavy atom. The molecule has 0 aromatic carbocycles. The highest BCUT2D eigenvalue weighted by Crippen LogP contribution is 2.38. The van der Waals surface area contributed by atoms with Gasteiger partial charge in [0.05, 0.1) is 33.8 Å². The van der Waals surface area contributed by atoms with Crippen molar-refractivity contribution in [3.63, 3.8) is 0 Å². The third kappa shape index (κ3) is 67.7. The van der Waals surface area contributed by atoms with Crippen molar-refractivity contribution in [1.82, 2.24) is 5.32 Å². The minimum absolute atomic E-state index is 0.0232. The SMILES string of the molecule is CCCCC/C=C\C/C=C\C/C=C\CCCCCCCCCCCCCCC(=O)OC(/C=C/CCCCCCCCCCCCC)C(COP(=O)([O-])OCC[N+](C)(C)C)NC(=O)CCCCCCCCCCCCCCC/C=C\C/C=C\CCCCC. The molecule has 0 radical (unpaired) electrons. The van der Waals surface area contributed by atoms with E-state index in [1.54, 1.807) is 0 Å². The number of phosphoric ester groups is 1. The van der Waals surface area contributed by atoms with Gasteiger partial charge in [-0.05, 0) is 102 Å². The smallest absolute Gasteiger partial charge is 0.306 e. The van der Waals surface area contributed by atoms with E-state index in [9.17, 15) is 19.0 Å². The van der Waals surface area contributed by atoms with Gasteiger partial charge in [-0.25, -0.2) is 0 Å². The maximum Gasteiger partial charge on any atom is 0.306 e. The van der Waals surface area contributed by atoms with E-state index in [1.165, 1.54) is 244 Å². The Hall–Kier alpha value is -2.55. The Balaban J connectivity index is 5.05. The van der Waals surface area contributed by atoms with Crippen molar-refractivity contribution in [2.24, 2.45) is 0 Å². The number of allylic oxidation sites excluding steroid dienone is 11. The van der Waals surface area contributed by atoms with Crippen LogP contribution in [0.3, 0.4) is 0 Å². The highest BCUT2D eigenvalue weighted by Gasteiger charge is 2.27. The predicted molar refractivity (Wildman–Crippen MR) is 376 cm³/mol. The van der Waals surface area contributed by atoms with Gasteiger partial charge < -0.3 is 28.5 Å². The lowest BCUT2D eigenvalue weighted by Gasteiger charge is -2.30. The summed E-state index contributed by atoms with van der Waals surface area (Å²) in [6, 6.07) is -0.892. The molecule has 0 saturated carbocycles. The molecule has 0 fully saturated rings. The number of esters is 1. The van der Waals surface area contributed by atoms with Crippen molar-refractivity contribution in [3.05, 3.63) is 72.9 Å². The van der Waals surface area contributed by atoms with Crippen LogP contribution in [0.4, 0.5) is 0 Å². The van der Waals surface area contributed by atoms with Gasteiger partial charge in [-0.1, -0.05) is 312 Å². The molecule has 3 unspecified atom stereocenters. The van der Waals surface area contributed by atoms with Gasteiger partial charge >= 0.3 is 5.97 Å². The summed E-state index contributed by atoms with van der Waals surface area (Å²) in [5.41, 5.74) is 0. The first kappa shape index (κ1) is 84.5. The lowest BCUT2D eigenvalue weighted by atomic mass is 10.0. The number of rotatable bonds is 68. The second-order valence-corrected chi connectivity index (χ2v) is 27.9. The van der Waals surface area contributed by atoms with Gasteiger partial charge in [0.2, 0.25) is 5.91 Å². The summed E-state index contributed by atoms with van der Waals surface area (Å²) < 4.78 is 30.5. The van der Waals surface area contributed by atoms with Crippen LogP contribution >= 0.6 is 7.82 Å². The number of carbonyl (C=O) groups excluding carboxylic acids is 2. The van der Waals surface area contributed by atoms with Crippen LogP contribution in [0, 0.1) is 0 Å². The number of phosphoric acid groups is 1. The number of amides is 1. The number of quaternary nitrogens is 1. The van der Waals surface area contributed by atoms with Crippen LogP contribution in [-0.2, 0) is 27.9 Å². The molecule has 0 aromatic rings. The predicted octanol–water partition coefficient (Wildman–Crippen LogP) is 23.3. The molecular weight excluding hydrogens is 1100 g/mol. The molecule has 0 aromatic heterocycles. The molecule has 1 amide bonds. The zero-order chi connectivity index (χ0) is 63.5. The van der Waals surface area contributed by atoms with Crippen LogP contribution in [0.1, 0.15) is 355 Å². The monoisotopic (exact) mass is 1240 g/mol. The normalized spacial score (nSPS) is 13.9. The molecule has 10 heteroatoms. The molecule has 3 atom stereocenters. The lowest BCUT2D eigenvalue weighted by Crippen LogP contribution is -2.47. The van der Waals surface area contributed by atoms with Gasteiger partial charge in [-0.15, -0.1) is 0 Å². The Labute approximate surface area is 540 Å². The second kappa shape index (κ2) is 66.4. The molecule has 87 heavy (non-hydrogen) atoms. The topological polar surface area (TPSA) is 114 Å². The van der Waals surface area contributed by atoms with Crippen molar-refractivity contribution >= 4 is 19.7 Å². The fourth-order valence-corrected chi connectivity index (χ4v) is 11.6. The molecule has 0 aliphatic heterocycles. The minimum Gasteiger partial charge on any atom is -0.756 e. The fraction of sp³-hybridized carbons (Fsp3) is 0.818. The average Bonchev–Trinajstić information content (AvgIpc) is 3.70. The molecule has 0 aliphatic carbocycles. The van der Waals surface area contributed by atoms with Crippen molar-refractivity contribution in [2.45, 2.75) is 367 Å². The van der Waals surface area contributed by atoms with Gasteiger partial charge in [-0.3, -0.25) is 14.2 Å². The third-order valence-electron chi connectivity index (χ3n) is 16.6. The summed E-state index contributed by atoms with van der Waals surface area (Å²) >= 11 is 0. The summed E-state index contributed by atoms with van der Waals surface area (Å²) in [5.74, 6) is -0.531. The average molecular weight is 1240 g/mol. The Bertz CT molecular complexity index is 1720. The maximum absolute atomic E-state index is 13.6. The van der Waals surface area contributed by atoms with Crippen LogP contribution in [0.25, 0.3) is 0 Å². The summed E-state index contributed by atoms with van der Waals surface area (Å²) in [6.07, 6.45) is 87.4. The van der Waals surface area contributed by atoms with E-state index in [0.717, 1.165) is 77.0 Å². The molecule has 1 N–H and O–H groups in total. The number of likely N-dealkylation sites (N-methyl/N-ethyl adjacent to an activating group) is 1. The van der Waals surface area contributed by atoms with Crippen LogP contribution < -0.4 is 10.2 Å². The van der Waals surface area contributed by atoms with Crippen molar-refractivity contribution in [1.29, 1.82) is 0 Å². The van der Waals surface area contributed by atoms with Gasteiger partial charge in [0.25, 0.3) is 7.82 Å². The van der Waals surface area contributed by atoms with Crippen LogP contribution in [0.2, 0.25) is 0 Å². The molecule has 0 rings (SSSR count). The number of nitrogens with one attached hydrogen (secondary N) is 1. The molecule has 0 aliphatic rings. The fourth-order valence-electron chi connectivity index (χ4n) is 10.9. The Morgan fingerprint density at radius 3 is 1.07 bits per heavy atom. The van der Waals surface area contributed by atoms with Crippen LogP contribution in [0.15, 0.2) is 72.9 Å². The van der Waals surface area contributed by atoms with Crippen molar-refractivity contribution < 1.29 is 37.3 Å². The molecular formula is C77H143N2O7P. The van der Waals surface area contributed by atoms with Crippen LogP contribution in [0.5, 0.6) is 0 Å². The second-order valence-electron chi connectivity index (χ2n) is 26.4. The highest BCUT2D eigenvalue weighted by molar-refractivity contribution is 7.45. The first-order valence-electron chi connectivity index (χ1n) is 37.2. The molecule has 0 heterocycles. The molecule has 0 bridgehead atoms. The van der Waals surface area contributed by atoms with E-state index in [0.29, 0.717) is 17.4 Å². The van der Waals surface area contributed by atoms with Crippen LogP contribution in [-0.4, -0.2) is 69.4 Å². The lowest BCUT2D eigenvalue weighted by molar-refractivity contribution is -0.870. The quantitative estimate of drug-likeness (QED) is 0.0212. The van der Waals surface area contributed by atoms with Gasteiger partial charge in [0.15, 0.2) is 0 Å². The Morgan fingerprint density at radius 1 is 0.402 bits per heavy atom. The van der Waals surface area contributed by atoms with Gasteiger partial charge in [0.1, 0.15) is 19.3 Å². The van der Waals surface area contributed by atoms with Gasteiger partial charge in [-0.2, -0.15) is 0 Å². The summed E-state index contributed by atoms with van der Waals surface area (Å²) in [4.78, 5) is 40.3. The molecule has 0 saturated heterocycles. The summed E-state index contributed by atoms with van der Waals surface area (Å²) in [6.45, 7) is 6.84. The summed E-state index contributed by atoms with van der Waals surface area (Å²) in [5, 5.41) is 3.05. The highest BCUT2D eigenvalue weighted by atomic mass is 31.2. The van der Waals surface area contributed by atoms with E-state index >= 15 is 0 Å². The number of hydrogen-bond donors (Lipinski definition) is 1. The van der Waals surface area contributed by atoms with Crippen molar-refractivity contribution in [3.8, 4) is 0 Å². The van der Waals surface area contributed by atoms with E-state index in [-0.39, 0.29) is 31.5 Å².